The second kappa shape index (κ2) is 4.11. The zero-order chi connectivity index (χ0) is 10.7. The molecule has 4 nitrogen and oxygen atoms in total. The highest BCUT2D eigenvalue weighted by Crippen LogP contribution is 2.15. The molecule has 15 heavy (non-hydrogen) atoms. The van der Waals surface area contributed by atoms with Gasteiger partial charge in [0.05, 0.1) is 12.6 Å². The number of fused-ring (bicyclic) bond motifs is 1. The molecule has 1 aromatic carbocycles. The van der Waals surface area contributed by atoms with Crippen LogP contribution < -0.4 is 0 Å². The number of hydrogen-bond donors (Lipinski definition) is 0. The van der Waals surface area contributed by atoms with E-state index in [9.17, 15) is 0 Å². The summed E-state index contributed by atoms with van der Waals surface area (Å²) in [6.45, 7) is 1.17. The molecule has 0 fully saturated rings. The molecule has 0 unspecified atom stereocenters. The van der Waals surface area contributed by atoms with Gasteiger partial charge in [-0.25, -0.2) is 4.98 Å². The smallest absolute Gasteiger partial charge is 0.181 e. The minimum Gasteiger partial charge on any atom is -0.443 e. The van der Waals surface area contributed by atoms with Crippen LogP contribution in [0.4, 0.5) is 0 Å². The molecule has 1 heterocycles. The Balaban J connectivity index is 2.18. The topological polar surface area (TPSA) is 53.1 Å². The largest absolute Gasteiger partial charge is 0.443 e. The van der Waals surface area contributed by atoms with Gasteiger partial charge in [-0.1, -0.05) is 6.07 Å². The van der Waals surface area contributed by atoms with Crippen LogP contribution in [0, 0.1) is 11.3 Å². The number of nitriles is 1. The summed E-state index contributed by atoms with van der Waals surface area (Å²) in [5.74, 6) is 0. The van der Waals surface area contributed by atoms with Crippen molar-refractivity contribution in [2.24, 2.45) is 0 Å². The van der Waals surface area contributed by atoms with Gasteiger partial charge in [0, 0.05) is 6.54 Å². The Labute approximate surface area is 87.7 Å². The Morgan fingerprint density at radius 2 is 2.40 bits per heavy atom. The molecule has 0 aliphatic heterocycles. The molecule has 0 saturated heterocycles. The van der Waals surface area contributed by atoms with Crippen LogP contribution in [0.3, 0.4) is 0 Å². The summed E-state index contributed by atoms with van der Waals surface area (Å²) < 4.78 is 5.21. The van der Waals surface area contributed by atoms with Gasteiger partial charge >= 0.3 is 0 Å². The van der Waals surface area contributed by atoms with E-state index < -0.39 is 0 Å². The van der Waals surface area contributed by atoms with Gasteiger partial charge in [-0.2, -0.15) is 5.26 Å². The van der Waals surface area contributed by atoms with Crippen molar-refractivity contribution in [3.05, 3.63) is 30.2 Å². The molecule has 0 amide bonds. The molecule has 2 aromatic rings. The molecule has 0 saturated carbocycles. The van der Waals surface area contributed by atoms with E-state index in [-0.39, 0.29) is 0 Å². The number of aromatic nitrogens is 1. The lowest BCUT2D eigenvalue weighted by molar-refractivity contribution is 0.367. The SMILES string of the molecule is CN(CC#N)Cc1ccc2ncoc2c1. The van der Waals surface area contributed by atoms with Crippen LogP contribution in [0.5, 0.6) is 0 Å². The van der Waals surface area contributed by atoms with Crippen LogP contribution in [0.1, 0.15) is 5.56 Å². The first-order valence-electron chi connectivity index (χ1n) is 4.67. The number of nitrogens with zero attached hydrogens (tertiary/aromatic N) is 3. The van der Waals surface area contributed by atoms with E-state index in [1.165, 1.54) is 6.39 Å². The van der Waals surface area contributed by atoms with Gasteiger partial charge in [-0.3, -0.25) is 4.90 Å². The van der Waals surface area contributed by atoms with E-state index >= 15 is 0 Å². The maximum Gasteiger partial charge on any atom is 0.181 e. The molecular weight excluding hydrogens is 190 g/mol. The molecule has 0 aliphatic rings. The predicted molar refractivity (Wildman–Crippen MR) is 56.0 cm³/mol. The van der Waals surface area contributed by atoms with Crippen molar-refractivity contribution in [3.63, 3.8) is 0 Å². The van der Waals surface area contributed by atoms with Crippen molar-refractivity contribution in [2.75, 3.05) is 13.6 Å². The normalized spacial score (nSPS) is 10.7. The maximum atomic E-state index is 8.53. The third kappa shape index (κ3) is 2.14. The second-order valence-corrected chi connectivity index (χ2v) is 3.48. The summed E-state index contributed by atoms with van der Waals surface area (Å²) in [6, 6.07) is 7.99. The molecule has 1 aromatic heterocycles. The predicted octanol–water partition coefficient (Wildman–Crippen LogP) is 1.78. The molecule has 2 rings (SSSR count). The number of oxazole rings is 1. The highest BCUT2D eigenvalue weighted by molar-refractivity contribution is 5.72. The number of rotatable bonds is 3. The van der Waals surface area contributed by atoms with E-state index in [4.69, 9.17) is 9.68 Å². The molecule has 76 valence electrons. The van der Waals surface area contributed by atoms with E-state index in [1.807, 2.05) is 30.1 Å². The number of benzene rings is 1. The van der Waals surface area contributed by atoms with Gasteiger partial charge in [-0.15, -0.1) is 0 Å². The summed E-state index contributed by atoms with van der Waals surface area (Å²) in [5, 5.41) is 8.53. The van der Waals surface area contributed by atoms with E-state index in [0.717, 1.165) is 23.2 Å². The highest BCUT2D eigenvalue weighted by Gasteiger charge is 2.02. The molecule has 0 aliphatic carbocycles. The summed E-state index contributed by atoms with van der Waals surface area (Å²) in [7, 11) is 1.91. The van der Waals surface area contributed by atoms with Crippen LogP contribution in [-0.4, -0.2) is 23.5 Å². The van der Waals surface area contributed by atoms with Gasteiger partial charge in [0.15, 0.2) is 12.0 Å². The minimum absolute atomic E-state index is 0.425. The van der Waals surface area contributed by atoms with Crippen molar-refractivity contribution in [2.45, 2.75) is 6.54 Å². The highest BCUT2D eigenvalue weighted by atomic mass is 16.3. The van der Waals surface area contributed by atoms with E-state index in [2.05, 4.69) is 11.1 Å². The van der Waals surface area contributed by atoms with Crippen LogP contribution in [0.25, 0.3) is 11.1 Å². The van der Waals surface area contributed by atoms with E-state index in [1.54, 1.807) is 0 Å². The van der Waals surface area contributed by atoms with Crippen molar-refractivity contribution < 1.29 is 4.42 Å². The van der Waals surface area contributed by atoms with Crippen molar-refractivity contribution in [1.29, 1.82) is 5.26 Å². The van der Waals surface area contributed by atoms with Gasteiger partial charge in [0.25, 0.3) is 0 Å². The maximum absolute atomic E-state index is 8.53. The zero-order valence-corrected chi connectivity index (χ0v) is 8.47. The molecule has 0 radical (unpaired) electrons. The fourth-order valence-electron chi connectivity index (χ4n) is 1.49. The average molecular weight is 201 g/mol. The lowest BCUT2D eigenvalue weighted by atomic mass is 10.2. The third-order valence-electron chi connectivity index (χ3n) is 2.19. The summed E-state index contributed by atoms with van der Waals surface area (Å²) in [5.41, 5.74) is 2.77. The lowest BCUT2D eigenvalue weighted by Crippen LogP contribution is -2.17. The van der Waals surface area contributed by atoms with Gasteiger partial charge in [0.2, 0.25) is 0 Å². The lowest BCUT2D eigenvalue weighted by Gasteiger charge is -2.11. The second-order valence-electron chi connectivity index (χ2n) is 3.48. The van der Waals surface area contributed by atoms with Gasteiger partial charge in [-0.05, 0) is 24.7 Å². The first kappa shape index (κ1) is 9.69. The zero-order valence-electron chi connectivity index (χ0n) is 8.47. The Morgan fingerprint density at radius 1 is 1.53 bits per heavy atom. The number of hydrogen-bond acceptors (Lipinski definition) is 4. The fourth-order valence-corrected chi connectivity index (χ4v) is 1.49. The van der Waals surface area contributed by atoms with Gasteiger partial charge < -0.3 is 4.42 Å². The molecule has 4 heteroatoms. The average Bonchev–Trinajstić information content (AvgIpc) is 2.65. The first-order valence-corrected chi connectivity index (χ1v) is 4.67. The summed E-state index contributed by atoms with van der Waals surface area (Å²) in [6.07, 6.45) is 1.44. The minimum atomic E-state index is 0.425. The Kier molecular flexibility index (Phi) is 2.66. The quantitative estimate of drug-likeness (QED) is 0.710. The molecule has 0 spiro atoms. The third-order valence-corrected chi connectivity index (χ3v) is 2.19. The van der Waals surface area contributed by atoms with Crippen molar-refractivity contribution in [3.8, 4) is 6.07 Å². The Hall–Kier alpha value is -1.86. The van der Waals surface area contributed by atoms with Crippen LogP contribution in [0.15, 0.2) is 29.0 Å². The molecular formula is C11H11N3O. The molecule has 0 atom stereocenters. The van der Waals surface area contributed by atoms with Gasteiger partial charge in [0.1, 0.15) is 5.52 Å². The van der Waals surface area contributed by atoms with Crippen LogP contribution >= 0.6 is 0 Å². The van der Waals surface area contributed by atoms with Crippen molar-refractivity contribution in [1.82, 2.24) is 9.88 Å². The van der Waals surface area contributed by atoms with Crippen LogP contribution in [-0.2, 0) is 6.54 Å². The Bertz CT molecular complexity index is 498. The van der Waals surface area contributed by atoms with Crippen molar-refractivity contribution >= 4 is 11.1 Å². The molecule has 0 N–H and O–H groups in total. The summed E-state index contributed by atoms with van der Waals surface area (Å²) >= 11 is 0. The standard InChI is InChI=1S/C11H11N3O/c1-14(5-4-12)7-9-2-3-10-11(6-9)15-8-13-10/h2-3,6,8H,5,7H2,1H3. The Morgan fingerprint density at radius 3 is 3.20 bits per heavy atom. The van der Waals surface area contributed by atoms with E-state index in [0.29, 0.717) is 6.54 Å². The van der Waals surface area contributed by atoms with Crippen LogP contribution in [0.2, 0.25) is 0 Å². The molecule has 0 bridgehead atoms. The fraction of sp³-hybridized carbons (Fsp3) is 0.273. The monoisotopic (exact) mass is 201 g/mol. The first-order chi connectivity index (χ1) is 7.29. The summed E-state index contributed by atoms with van der Waals surface area (Å²) in [4.78, 5) is 5.98.